The third-order valence-electron chi connectivity index (χ3n) is 4.51. The Bertz CT molecular complexity index is 828. The molecule has 0 saturated heterocycles. The lowest BCUT2D eigenvalue weighted by Crippen LogP contribution is -2.57. The number of amides is 1. The van der Waals surface area contributed by atoms with Crippen LogP contribution in [-0.4, -0.2) is 43.8 Å². The van der Waals surface area contributed by atoms with E-state index in [1.807, 2.05) is 0 Å². The highest BCUT2D eigenvalue weighted by atomic mass is 19.4. The number of carbonyl (C=O) groups is 1. The van der Waals surface area contributed by atoms with Crippen molar-refractivity contribution in [2.24, 2.45) is 0 Å². The quantitative estimate of drug-likeness (QED) is 0.826. The average Bonchev–Trinajstić information content (AvgIpc) is 2.98. The fourth-order valence-electron chi connectivity index (χ4n) is 3.06. The standard InChI is InChI=1S/C17H17F4N3O2/c1-10-8-23(15(25)16(2,26)17(19,20)21)9-13-7-22-14(24(10)13)11-3-5-12(18)6-4-11/h3-7,10,26H,8-9H2,1-2H3/t10-,16?/m1/s1. The van der Waals surface area contributed by atoms with Crippen molar-refractivity contribution >= 4 is 5.91 Å². The molecule has 140 valence electrons. The molecule has 0 fully saturated rings. The van der Waals surface area contributed by atoms with Crippen LogP contribution in [0.4, 0.5) is 17.6 Å². The molecule has 3 rings (SSSR count). The lowest BCUT2D eigenvalue weighted by Gasteiger charge is -2.37. The molecule has 1 unspecified atom stereocenters. The van der Waals surface area contributed by atoms with Crippen molar-refractivity contribution in [3.63, 3.8) is 0 Å². The molecule has 1 aromatic carbocycles. The molecule has 1 aliphatic rings. The van der Waals surface area contributed by atoms with Gasteiger partial charge < -0.3 is 14.6 Å². The first-order valence-corrected chi connectivity index (χ1v) is 7.93. The number of hydrogen-bond acceptors (Lipinski definition) is 3. The molecule has 9 heteroatoms. The molecule has 2 aromatic rings. The monoisotopic (exact) mass is 371 g/mol. The molecular weight excluding hydrogens is 354 g/mol. The number of alkyl halides is 3. The molecule has 1 amide bonds. The summed E-state index contributed by atoms with van der Waals surface area (Å²) in [7, 11) is 0. The number of imidazole rings is 1. The predicted molar refractivity (Wildman–Crippen MR) is 84.4 cm³/mol. The molecule has 1 N–H and O–H groups in total. The van der Waals surface area contributed by atoms with Crippen LogP contribution in [0.3, 0.4) is 0 Å². The van der Waals surface area contributed by atoms with Gasteiger partial charge in [-0.25, -0.2) is 9.37 Å². The number of nitrogens with zero attached hydrogens (tertiary/aromatic N) is 3. The Morgan fingerprint density at radius 3 is 2.46 bits per heavy atom. The number of aliphatic hydroxyl groups is 1. The van der Waals surface area contributed by atoms with E-state index in [1.165, 1.54) is 18.3 Å². The molecule has 0 spiro atoms. The second-order valence-corrected chi connectivity index (χ2v) is 6.55. The summed E-state index contributed by atoms with van der Waals surface area (Å²) < 4.78 is 53.7. The zero-order valence-corrected chi connectivity index (χ0v) is 14.1. The highest BCUT2D eigenvalue weighted by Gasteiger charge is 2.57. The molecule has 0 aliphatic carbocycles. The summed E-state index contributed by atoms with van der Waals surface area (Å²) >= 11 is 0. The summed E-state index contributed by atoms with van der Waals surface area (Å²) in [6.07, 6.45) is -3.60. The molecule has 26 heavy (non-hydrogen) atoms. The van der Waals surface area contributed by atoms with Gasteiger partial charge in [-0.3, -0.25) is 4.79 Å². The molecule has 2 heterocycles. The normalized spacial score (nSPS) is 19.8. The van der Waals surface area contributed by atoms with Crippen molar-refractivity contribution in [1.82, 2.24) is 14.5 Å². The fourth-order valence-corrected chi connectivity index (χ4v) is 3.06. The third-order valence-corrected chi connectivity index (χ3v) is 4.51. The van der Waals surface area contributed by atoms with E-state index in [0.717, 1.165) is 4.90 Å². The number of rotatable bonds is 2. The van der Waals surface area contributed by atoms with Crippen LogP contribution in [0.15, 0.2) is 30.5 Å². The van der Waals surface area contributed by atoms with Gasteiger partial charge in [0.15, 0.2) is 0 Å². The SMILES string of the molecule is C[C@@H]1CN(C(=O)C(C)(O)C(F)(F)F)Cc2cnc(-c3ccc(F)cc3)n21. The van der Waals surface area contributed by atoms with Crippen LogP contribution in [-0.2, 0) is 11.3 Å². The highest BCUT2D eigenvalue weighted by molar-refractivity contribution is 5.85. The van der Waals surface area contributed by atoms with Gasteiger partial charge in [0.05, 0.1) is 24.5 Å². The van der Waals surface area contributed by atoms with E-state index in [0.29, 0.717) is 24.0 Å². The maximum absolute atomic E-state index is 13.1. The summed E-state index contributed by atoms with van der Waals surface area (Å²) in [6.45, 7) is 2.07. The molecule has 0 saturated carbocycles. The van der Waals surface area contributed by atoms with Crippen LogP contribution in [0.1, 0.15) is 25.6 Å². The Balaban J connectivity index is 1.91. The second kappa shape index (κ2) is 6.08. The molecule has 2 atom stereocenters. The van der Waals surface area contributed by atoms with Gasteiger partial charge in [0, 0.05) is 12.1 Å². The summed E-state index contributed by atoms with van der Waals surface area (Å²) in [5.74, 6) is -1.24. The first-order chi connectivity index (χ1) is 12.0. The summed E-state index contributed by atoms with van der Waals surface area (Å²) in [6, 6.07) is 5.34. The van der Waals surface area contributed by atoms with E-state index in [9.17, 15) is 27.5 Å². The number of halogens is 4. The maximum Gasteiger partial charge on any atom is 0.426 e. The van der Waals surface area contributed by atoms with E-state index in [-0.39, 0.29) is 19.1 Å². The van der Waals surface area contributed by atoms with Crippen molar-refractivity contribution in [3.05, 3.63) is 42.0 Å². The van der Waals surface area contributed by atoms with Gasteiger partial charge in [-0.15, -0.1) is 0 Å². The van der Waals surface area contributed by atoms with E-state index >= 15 is 0 Å². The van der Waals surface area contributed by atoms with Crippen LogP contribution in [0, 0.1) is 5.82 Å². The highest BCUT2D eigenvalue weighted by Crippen LogP contribution is 2.35. The van der Waals surface area contributed by atoms with Gasteiger partial charge in [0.2, 0.25) is 5.60 Å². The summed E-state index contributed by atoms with van der Waals surface area (Å²) in [5, 5.41) is 9.64. The molecule has 0 radical (unpaired) electrons. The van der Waals surface area contributed by atoms with Crippen LogP contribution in [0.25, 0.3) is 11.4 Å². The average molecular weight is 371 g/mol. The van der Waals surface area contributed by atoms with Crippen LogP contribution in [0.5, 0.6) is 0 Å². The van der Waals surface area contributed by atoms with E-state index in [4.69, 9.17) is 0 Å². The van der Waals surface area contributed by atoms with E-state index < -0.39 is 23.5 Å². The van der Waals surface area contributed by atoms with Gasteiger partial charge in [-0.1, -0.05) is 0 Å². The molecule has 5 nitrogen and oxygen atoms in total. The van der Waals surface area contributed by atoms with Gasteiger partial charge in [-0.05, 0) is 38.1 Å². The van der Waals surface area contributed by atoms with Gasteiger partial charge in [0.25, 0.3) is 5.91 Å². The Labute approximate surface area is 146 Å². The van der Waals surface area contributed by atoms with Crippen molar-refractivity contribution in [3.8, 4) is 11.4 Å². The van der Waals surface area contributed by atoms with Crippen LogP contribution < -0.4 is 0 Å². The smallest absolute Gasteiger partial charge is 0.373 e. The predicted octanol–water partition coefficient (Wildman–Crippen LogP) is 2.91. The number of benzene rings is 1. The van der Waals surface area contributed by atoms with Crippen LogP contribution in [0.2, 0.25) is 0 Å². The second-order valence-electron chi connectivity index (χ2n) is 6.55. The topological polar surface area (TPSA) is 58.4 Å². The van der Waals surface area contributed by atoms with Crippen molar-refractivity contribution in [1.29, 1.82) is 0 Å². The van der Waals surface area contributed by atoms with E-state index in [1.54, 1.807) is 23.6 Å². The lowest BCUT2D eigenvalue weighted by atomic mass is 10.0. The van der Waals surface area contributed by atoms with Crippen molar-refractivity contribution < 1.29 is 27.5 Å². The number of aromatic nitrogens is 2. The lowest BCUT2D eigenvalue weighted by molar-refractivity contribution is -0.251. The fraction of sp³-hybridized carbons (Fsp3) is 0.412. The first kappa shape index (κ1) is 18.4. The zero-order valence-electron chi connectivity index (χ0n) is 14.1. The third kappa shape index (κ3) is 2.96. The van der Waals surface area contributed by atoms with Gasteiger partial charge in [-0.2, -0.15) is 13.2 Å². The molecular formula is C17H17F4N3O2. The minimum atomic E-state index is -5.07. The Kier molecular flexibility index (Phi) is 4.30. The number of carbonyl (C=O) groups excluding carboxylic acids is 1. The van der Waals surface area contributed by atoms with E-state index in [2.05, 4.69) is 4.98 Å². The van der Waals surface area contributed by atoms with Gasteiger partial charge in [0.1, 0.15) is 11.6 Å². The Morgan fingerprint density at radius 1 is 1.27 bits per heavy atom. The van der Waals surface area contributed by atoms with Crippen LogP contribution >= 0.6 is 0 Å². The molecule has 1 aliphatic heterocycles. The van der Waals surface area contributed by atoms with Gasteiger partial charge >= 0.3 is 6.18 Å². The Morgan fingerprint density at radius 2 is 1.88 bits per heavy atom. The zero-order chi connectivity index (χ0) is 19.3. The summed E-state index contributed by atoms with van der Waals surface area (Å²) in [5.41, 5.74) is -2.25. The number of fused-ring (bicyclic) bond motifs is 1. The van der Waals surface area contributed by atoms with Crippen molar-refractivity contribution in [2.75, 3.05) is 6.54 Å². The number of hydrogen-bond donors (Lipinski definition) is 1. The first-order valence-electron chi connectivity index (χ1n) is 7.93. The minimum Gasteiger partial charge on any atom is -0.373 e. The molecule has 1 aromatic heterocycles. The largest absolute Gasteiger partial charge is 0.426 e. The summed E-state index contributed by atoms with van der Waals surface area (Å²) in [4.78, 5) is 17.5. The van der Waals surface area contributed by atoms with Crippen molar-refractivity contribution in [2.45, 2.75) is 38.2 Å². The maximum atomic E-state index is 13.1. The minimum absolute atomic E-state index is 0.0113. The molecule has 0 bridgehead atoms. The Hall–Kier alpha value is -2.42.